The second kappa shape index (κ2) is 6.36. The van der Waals surface area contributed by atoms with Crippen LogP contribution < -0.4 is 9.47 Å². The fourth-order valence-electron chi connectivity index (χ4n) is 2.17. The van der Waals surface area contributed by atoms with Crippen LogP contribution >= 0.6 is 0 Å². The first-order valence-electron chi connectivity index (χ1n) is 7.14. The minimum atomic E-state index is -0.477. The summed E-state index contributed by atoms with van der Waals surface area (Å²) in [5.41, 5.74) is 2.27. The lowest BCUT2D eigenvalue weighted by molar-refractivity contribution is 0.0729. The monoisotopic (exact) mass is 308 g/mol. The van der Waals surface area contributed by atoms with Crippen LogP contribution in [0.25, 0.3) is 5.69 Å². The molecule has 1 aromatic heterocycles. The van der Waals surface area contributed by atoms with E-state index in [-0.39, 0.29) is 0 Å². The topological polar surface area (TPSA) is 53.4 Å². The van der Waals surface area contributed by atoms with Gasteiger partial charge in [-0.15, -0.1) is 0 Å². The fraction of sp³-hybridized carbons (Fsp3) is 0.111. The number of rotatable bonds is 4. The summed E-state index contributed by atoms with van der Waals surface area (Å²) in [5.74, 6) is 0.429. The number of aromatic nitrogens is 2. The first-order valence-corrected chi connectivity index (χ1v) is 7.14. The number of para-hydroxylation sites is 1. The first kappa shape index (κ1) is 14.8. The van der Waals surface area contributed by atoms with Gasteiger partial charge in [0.2, 0.25) is 0 Å². The van der Waals surface area contributed by atoms with Crippen molar-refractivity contribution in [1.29, 1.82) is 0 Å². The third kappa shape index (κ3) is 3.23. The average Bonchev–Trinajstić information content (AvgIpc) is 3.07. The average molecular weight is 308 g/mol. The second-order valence-electron chi connectivity index (χ2n) is 5.05. The number of hydrogen-bond acceptors (Lipinski definition) is 4. The summed E-state index contributed by atoms with van der Waals surface area (Å²) in [6.07, 6.45) is 3.12. The summed E-state index contributed by atoms with van der Waals surface area (Å²) in [4.78, 5) is 12.3. The van der Waals surface area contributed by atoms with Crippen molar-refractivity contribution in [2.45, 2.75) is 6.92 Å². The maximum Gasteiger partial charge on any atom is 0.346 e. The van der Waals surface area contributed by atoms with Crippen molar-refractivity contribution in [2.75, 3.05) is 7.11 Å². The van der Waals surface area contributed by atoms with Crippen LogP contribution in [0.4, 0.5) is 0 Å². The Bertz CT molecular complexity index is 825. The molecule has 23 heavy (non-hydrogen) atoms. The zero-order valence-electron chi connectivity index (χ0n) is 12.9. The molecule has 0 aliphatic carbocycles. The van der Waals surface area contributed by atoms with E-state index in [1.165, 1.54) is 6.20 Å². The van der Waals surface area contributed by atoms with Crippen LogP contribution in [-0.2, 0) is 0 Å². The molecule has 0 amide bonds. The predicted octanol–water partition coefficient (Wildman–Crippen LogP) is 3.41. The molecule has 0 spiro atoms. The molecule has 0 saturated heterocycles. The highest BCUT2D eigenvalue weighted by atomic mass is 16.6. The van der Waals surface area contributed by atoms with Gasteiger partial charge in [-0.25, -0.2) is 9.48 Å². The Balaban J connectivity index is 1.81. The van der Waals surface area contributed by atoms with Gasteiger partial charge in [0.25, 0.3) is 0 Å². The SMILES string of the molecule is COc1cc(C)ccc1OC(=O)c1cnn(-c2ccccc2)c1. The Morgan fingerprint density at radius 3 is 2.61 bits per heavy atom. The number of carbonyl (C=O) groups excluding carboxylic acids is 1. The van der Waals surface area contributed by atoms with Gasteiger partial charge in [-0.3, -0.25) is 0 Å². The van der Waals surface area contributed by atoms with Crippen LogP contribution in [-0.4, -0.2) is 22.9 Å². The molecule has 0 atom stereocenters. The van der Waals surface area contributed by atoms with Crippen molar-refractivity contribution < 1.29 is 14.3 Å². The highest BCUT2D eigenvalue weighted by Crippen LogP contribution is 2.28. The molecule has 3 aromatic rings. The van der Waals surface area contributed by atoms with E-state index in [2.05, 4.69) is 5.10 Å². The van der Waals surface area contributed by atoms with Gasteiger partial charge in [0.15, 0.2) is 11.5 Å². The van der Waals surface area contributed by atoms with Crippen LogP contribution in [0.5, 0.6) is 11.5 Å². The number of hydrogen-bond donors (Lipinski definition) is 0. The van der Waals surface area contributed by atoms with Gasteiger partial charge in [-0.2, -0.15) is 5.10 Å². The normalized spacial score (nSPS) is 10.3. The second-order valence-corrected chi connectivity index (χ2v) is 5.05. The van der Waals surface area contributed by atoms with E-state index >= 15 is 0 Å². The van der Waals surface area contributed by atoms with Crippen molar-refractivity contribution in [3.8, 4) is 17.2 Å². The molecule has 1 heterocycles. The molecule has 2 aromatic carbocycles. The standard InChI is InChI=1S/C18H16N2O3/c1-13-8-9-16(17(10-13)22-2)23-18(21)14-11-19-20(12-14)15-6-4-3-5-7-15/h3-12H,1-2H3. The highest BCUT2D eigenvalue weighted by molar-refractivity contribution is 5.90. The van der Waals surface area contributed by atoms with Gasteiger partial charge in [0.05, 0.1) is 24.6 Å². The van der Waals surface area contributed by atoms with E-state index in [9.17, 15) is 4.79 Å². The Kier molecular flexibility index (Phi) is 4.10. The fourth-order valence-corrected chi connectivity index (χ4v) is 2.17. The van der Waals surface area contributed by atoms with Crippen molar-refractivity contribution in [1.82, 2.24) is 9.78 Å². The minimum absolute atomic E-state index is 0.372. The molecule has 3 rings (SSSR count). The molecule has 0 aliphatic heterocycles. The lowest BCUT2D eigenvalue weighted by atomic mass is 10.2. The maximum atomic E-state index is 12.3. The van der Waals surface area contributed by atoms with Gasteiger partial charge in [-0.05, 0) is 36.8 Å². The third-order valence-electron chi connectivity index (χ3n) is 3.36. The van der Waals surface area contributed by atoms with E-state index in [0.717, 1.165) is 11.3 Å². The van der Waals surface area contributed by atoms with Crippen LogP contribution in [0, 0.1) is 6.92 Å². The van der Waals surface area contributed by atoms with E-state index < -0.39 is 5.97 Å². The van der Waals surface area contributed by atoms with Gasteiger partial charge < -0.3 is 9.47 Å². The molecular weight excluding hydrogens is 292 g/mol. The summed E-state index contributed by atoms with van der Waals surface area (Å²) >= 11 is 0. The van der Waals surface area contributed by atoms with Gasteiger partial charge in [-0.1, -0.05) is 24.3 Å². The molecule has 0 saturated carbocycles. The molecule has 0 radical (unpaired) electrons. The summed E-state index contributed by atoms with van der Waals surface area (Å²) in [7, 11) is 1.54. The van der Waals surface area contributed by atoms with Gasteiger partial charge >= 0.3 is 5.97 Å². The maximum absolute atomic E-state index is 12.3. The molecular formula is C18H16N2O3. The minimum Gasteiger partial charge on any atom is -0.493 e. The van der Waals surface area contributed by atoms with Crippen LogP contribution in [0.2, 0.25) is 0 Å². The summed E-state index contributed by atoms with van der Waals surface area (Å²) < 4.78 is 12.3. The van der Waals surface area contributed by atoms with E-state index in [4.69, 9.17) is 9.47 Å². The Labute approximate surface area is 134 Å². The van der Waals surface area contributed by atoms with Gasteiger partial charge in [0, 0.05) is 6.20 Å². The number of carbonyl (C=O) groups is 1. The van der Waals surface area contributed by atoms with Crippen molar-refractivity contribution in [3.63, 3.8) is 0 Å². The molecule has 5 heteroatoms. The Hall–Kier alpha value is -3.08. The summed E-state index contributed by atoms with van der Waals surface area (Å²) in [6, 6.07) is 14.9. The van der Waals surface area contributed by atoms with Crippen LogP contribution in [0.3, 0.4) is 0 Å². The number of aryl methyl sites for hydroxylation is 1. The molecule has 0 aliphatic rings. The largest absolute Gasteiger partial charge is 0.493 e. The van der Waals surface area contributed by atoms with Gasteiger partial charge in [0.1, 0.15) is 0 Å². The van der Waals surface area contributed by atoms with Crippen molar-refractivity contribution >= 4 is 5.97 Å². The lowest BCUT2D eigenvalue weighted by Crippen LogP contribution is -2.08. The summed E-state index contributed by atoms with van der Waals surface area (Å²) in [5, 5.41) is 4.19. The molecule has 0 bridgehead atoms. The number of benzene rings is 2. The zero-order chi connectivity index (χ0) is 16.2. The lowest BCUT2D eigenvalue weighted by Gasteiger charge is -2.09. The number of esters is 1. The highest BCUT2D eigenvalue weighted by Gasteiger charge is 2.14. The van der Waals surface area contributed by atoms with E-state index in [1.807, 2.05) is 49.4 Å². The van der Waals surface area contributed by atoms with Crippen molar-refractivity contribution in [3.05, 3.63) is 72.1 Å². The van der Waals surface area contributed by atoms with Crippen LogP contribution in [0.1, 0.15) is 15.9 Å². The molecule has 116 valence electrons. The molecule has 0 N–H and O–H groups in total. The smallest absolute Gasteiger partial charge is 0.346 e. The summed E-state index contributed by atoms with van der Waals surface area (Å²) in [6.45, 7) is 1.94. The molecule has 5 nitrogen and oxygen atoms in total. The first-order chi connectivity index (χ1) is 11.2. The zero-order valence-corrected chi connectivity index (χ0v) is 12.9. The Morgan fingerprint density at radius 2 is 1.87 bits per heavy atom. The van der Waals surface area contributed by atoms with E-state index in [1.54, 1.807) is 24.1 Å². The van der Waals surface area contributed by atoms with Crippen molar-refractivity contribution in [2.24, 2.45) is 0 Å². The predicted molar refractivity (Wildman–Crippen MR) is 86.3 cm³/mol. The molecule has 0 unspecified atom stereocenters. The number of nitrogens with zero attached hydrogens (tertiary/aromatic N) is 2. The number of methoxy groups -OCH3 is 1. The van der Waals surface area contributed by atoms with E-state index in [0.29, 0.717) is 17.1 Å². The Morgan fingerprint density at radius 1 is 1.09 bits per heavy atom. The third-order valence-corrected chi connectivity index (χ3v) is 3.36. The van der Waals surface area contributed by atoms with Crippen LogP contribution in [0.15, 0.2) is 60.9 Å². The number of ether oxygens (including phenoxy) is 2. The quantitative estimate of drug-likeness (QED) is 0.547. The molecule has 0 fully saturated rings.